The van der Waals surface area contributed by atoms with Crippen LogP contribution in [-0.4, -0.2) is 10.2 Å². The van der Waals surface area contributed by atoms with Gasteiger partial charge in [0.1, 0.15) is 5.76 Å². The monoisotopic (exact) mass is 554 g/mol. The molecule has 0 saturated heterocycles. The highest BCUT2D eigenvalue weighted by Crippen LogP contribution is 2.59. The Hall–Kier alpha value is -3.52. The summed E-state index contributed by atoms with van der Waals surface area (Å²) in [5, 5.41) is 23.5. The molecule has 42 heavy (non-hydrogen) atoms. The highest BCUT2D eigenvalue weighted by Gasteiger charge is 2.49. The summed E-state index contributed by atoms with van der Waals surface area (Å²) >= 11 is 0. The number of aliphatic hydroxyl groups excluding tert-OH is 2. The molecule has 2 N–H and O–H groups in total. The summed E-state index contributed by atoms with van der Waals surface area (Å²) in [6.45, 7) is 13.9. The lowest BCUT2D eigenvalue weighted by Gasteiger charge is -2.48. The molecular formula is C40H42O2. The zero-order valence-corrected chi connectivity index (χ0v) is 25.8. The smallest absolute Gasteiger partial charge is 0.105 e. The van der Waals surface area contributed by atoms with Crippen LogP contribution in [0.5, 0.6) is 0 Å². The van der Waals surface area contributed by atoms with Crippen LogP contribution in [-0.2, 0) is 0 Å². The molecule has 0 aromatic carbocycles. The Morgan fingerprint density at radius 2 is 1.38 bits per heavy atom. The quantitative estimate of drug-likeness (QED) is 0.317. The summed E-state index contributed by atoms with van der Waals surface area (Å²) in [5.74, 6) is 1.36. The van der Waals surface area contributed by atoms with Crippen molar-refractivity contribution in [2.75, 3.05) is 0 Å². The summed E-state index contributed by atoms with van der Waals surface area (Å²) in [6.07, 6.45) is 27.8. The predicted molar refractivity (Wildman–Crippen MR) is 171 cm³/mol. The Bertz CT molecular complexity index is 1730. The molecule has 5 atom stereocenters. The fourth-order valence-electron chi connectivity index (χ4n) is 8.88. The normalized spacial score (nSPS) is 32.7. The number of hydrogen-bond donors (Lipinski definition) is 2. The maximum absolute atomic E-state index is 11.8. The van der Waals surface area contributed by atoms with Crippen LogP contribution in [0.2, 0.25) is 0 Å². The van der Waals surface area contributed by atoms with Crippen molar-refractivity contribution in [2.45, 2.75) is 60.8 Å². The summed E-state index contributed by atoms with van der Waals surface area (Å²) in [6, 6.07) is 0. The SMILES string of the molecule is CC(C)(C)C1=CC2=C3C(=CC=C4CC(O)=C(C5C(O)=CC6=C7C5=CC=C5CC(C(C)(C)C)=CC(C=C6)C57)C(C=C2)C43)C1. The average molecular weight is 555 g/mol. The van der Waals surface area contributed by atoms with Crippen molar-refractivity contribution in [1.82, 2.24) is 0 Å². The summed E-state index contributed by atoms with van der Waals surface area (Å²) in [4.78, 5) is 0. The third kappa shape index (κ3) is 3.63. The molecule has 8 aliphatic rings. The fourth-order valence-corrected chi connectivity index (χ4v) is 8.88. The van der Waals surface area contributed by atoms with Gasteiger partial charge in [-0.2, -0.15) is 0 Å². The first-order valence-corrected chi connectivity index (χ1v) is 15.8. The van der Waals surface area contributed by atoms with Crippen LogP contribution in [0.15, 0.2) is 140 Å². The maximum Gasteiger partial charge on any atom is 0.105 e. The van der Waals surface area contributed by atoms with Crippen LogP contribution < -0.4 is 0 Å². The van der Waals surface area contributed by atoms with Gasteiger partial charge in [0.25, 0.3) is 0 Å². The predicted octanol–water partition coefficient (Wildman–Crippen LogP) is 9.96. The van der Waals surface area contributed by atoms with E-state index in [0.717, 1.165) is 24.0 Å². The lowest BCUT2D eigenvalue weighted by atomic mass is 9.56. The molecule has 8 aliphatic carbocycles. The molecule has 0 fully saturated rings. The van der Waals surface area contributed by atoms with Gasteiger partial charge in [0.05, 0.1) is 11.7 Å². The van der Waals surface area contributed by atoms with Crippen LogP contribution in [0.25, 0.3) is 0 Å². The van der Waals surface area contributed by atoms with Gasteiger partial charge < -0.3 is 10.2 Å². The zero-order valence-electron chi connectivity index (χ0n) is 25.8. The first-order valence-electron chi connectivity index (χ1n) is 15.8. The van der Waals surface area contributed by atoms with Crippen molar-refractivity contribution in [1.29, 1.82) is 0 Å². The third-order valence-corrected chi connectivity index (χ3v) is 11.1. The van der Waals surface area contributed by atoms with E-state index >= 15 is 0 Å². The largest absolute Gasteiger partial charge is 0.512 e. The van der Waals surface area contributed by atoms with E-state index in [1.807, 2.05) is 6.08 Å². The van der Waals surface area contributed by atoms with E-state index in [1.165, 1.54) is 50.2 Å². The minimum Gasteiger partial charge on any atom is -0.512 e. The average Bonchev–Trinajstić information content (AvgIpc) is 2.93. The first-order chi connectivity index (χ1) is 19.9. The number of aliphatic hydroxyl groups is 2. The van der Waals surface area contributed by atoms with E-state index in [2.05, 4.69) is 102 Å². The van der Waals surface area contributed by atoms with Crippen molar-refractivity contribution in [3.8, 4) is 0 Å². The Balaban J connectivity index is 1.23. The van der Waals surface area contributed by atoms with Crippen molar-refractivity contribution in [2.24, 2.45) is 40.4 Å². The van der Waals surface area contributed by atoms with Gasteiger partial charge in [0.2, 0.25) is 0 Å². The Morgan fingerprint density at radius 1 is 0.690 bits per heavy atom. The lowest BCUT2D eigenvalue weighted by molar-refractivity contribution is 0.306. The van der Waals surface area contributed by atoms with Gasteiger partial charge in [-0.3, -0.25) is 0 Å². The van der Waals surface area contributed by atoms with E-state index in [-0.39, 0.29) is 28.6 Å². The molecule has 8 rings (SSSR count). The number of hydrogen-bond acceptors (Lipinski definition) is 2. The van der Waals surface area contributed by atoms with Crippen molar-refractivity contribution < 1.29 is 10.2 Å². The Labute approximate surface area is 250 Å². The second-order valence-corrected chi connectivity index (χ2v) is 15.6. The molecular weight excluding hydrogens is 512 g/mol. The van der Waals surface area contributed by atoms with Gasteiger partial charge in [-0.05, 0) is 68.8 Å². The Kier molecular flexibility index (Phi) is 5.31. The van der Waals surface area contributed by atoms with E-state index in [9.17, 15) is 10.2 Å². The number of allylic oxidation sites excluding steroid dienone is 21. The van der Waals surface area contributed by atoms with Gasteiger partial charge in [0.15, 0.2) is 0 Å². The summed E-state index contributed by atoms with van der Waals surface area (Å²) in [5.41, 5.74) is 14.8. The molecule has 5 unspecified atom stereocenters. The minimum atomic E-state index is -0.321. The van der Waals surface area contributed by atoms with E-state index in [4.69, 9.17) is 0 Å². The molecule has 0 amide bonds. The first kappa shape index (κ1) is 26.1. The van der Waals surface area contributed by atoms with Gasteiger partial charge in [-0.25, -0.2) is 0 Å². The van der Waals surface area contributed by atoms with Crippen molar-refractivity contribution >= 4 is 0 Å². The number of rotatable bonds is 1. The van der Waals surface area contributed by atoms with Crippen LogP contribution in [0.3, 0.4) is 0 Å². The van der Waals surface area contributed by atoms with Crippen LogP contribution in [0, 0.1) is 40.4 Å². The molecule has 0 spiro atoms. The molecule has 0 aliphatic heterocycles. The standard InChI is InChI=1S/C40H42O2/c1-39(2,3)27-15-21-7-9-25-19-31(41)37(29-13-11-23(17-27)33(21)35(25)29)38-30-14-12-24-18-28(40(4,5)6)16-22-8-10-26(20-32(38)42)36(30)34(22)24/h7-15,18-19,21,30,33,36-37,41-42H,16-17,20H2,1-6H3. The fraction of sp³-hybridized carbons (Fsp3) is 0.400. The molecule has 0 radical (unpaired) electrons. The molecule has 0 aromatic heterocycles. The molecule has 0 aromatic rings. The molecule has 2 heteroatoms. The third-order valence-electron chi connectivity index (χ3n) is 11.1. The van der Waals surface area contributed by atoms with Gasteiger partial charge in [-0.1, -0.05) is 125 Å². The molecule has 214 valence electrons. The van der Waals surface area contributed by atoms with Crippen molar-refractivity contribution in [3.05, 3.63) is 140 Å². The zero-order chi connectivity index (χ0) is 29.3. The summed E-state index contributed by atoms with van der Waals surface area (Å²) < 4.78 is 0. The Morgan fingerprint density at radius 3 is 2.14 bits per heavy atom. The van der Waals surface area contributed by atoms with E-state index < -0.39 is 0 Å². The van der Waals surface area contributed by atoms with Crippen molar-refractivity contribution in [3.63, 3.8) is 0 Å². The molecule has 0 saturated carbocycles. The lowest BCUT2D eigenvalue weighted by Crippen LogP contribution is -2.37. The summed E-state index contributed by atoms with van der Waals surface area (Å²) in [7, 11) is 0. The van der Waals surface area contributed by atoms with E-state index in [0.29, 0.717) is 29.8 Å². The van der Waals surface area contributed by atoms with Crippen LogP contribution in [0.4, 0.5) is 0 Å². The highest BCUT2D eigenvalue weighted by molar-refractivity contribution is 5.68. The minimum absolute atomic E-state index is 0.0275. The second kappa shape index (κ2) is 8.53. The molecule has 2 nitrogen and oxygen atoms in total. The molecule has 0 heterocycles. The van der Waals surface area contributed by atoms with E-state index in [1.54, 1.807) is 0 Å². The highest BCUT2D eigenvalue weighted by atomic mass is 16.3. The van der Waals surface area contributed by atoms with Gasteiger partial charge >= 0.3 is 0 Å². The topological polar surface area (TPSA) is 40.5 Å². The second-order valence-electron chi connectivity index (χ2n) is 15.6. The van der Waals surface area contributed by atoms with Gasteiger partial charge in [-0.15, -0.1) is 0 Å². The maximum atomic E-state index is 11.8. The van der Waals surface area contributed by atoms with Gasteiger partial charge in [0, 0.05) is 30.1 Å². The van der Waals surface area contributed by atoms with Crippen LogP contribution in [0.1, 0.15) is 60.8 Å². The molecule has 0 bridgehead atoms. The van der Waals surface area contributed by atoms with Crippen LogP contribution >= 0.6 is 0 Å².